The molecule has 7 heteroatoms. The van der Waals surface area contributed by atoms with E-state index in [4.69, 9.17) is 25.9 Å². The van der Waals surface area contributed by atoms with E-state index in [1.165, 1.54) is 0 Å². The number of nitriles is 1. The SMILES string of the molecule is C=C.C=O.CC.Cc1nc(COc2ccc(C(C)(C)c3cc(C)c(OCCCl)c(C#N)c3)cc2)cs1. The summed E-state index contributed by atoms with van der Waals surface area (Å²) in [6, 6.07) is 14.3. The van der Waals surface area contributed by atoms with E-state index in [2.05, 4.69) is 56.3 Å². The van der Waals surface area contributed by atoms with Crippen molar-refractivity contribution in [3.05, 3.63) is 87.9 Å². The fraction of sp³-hybridized carbons (Fsp3) is 0.345. The molecule has 5 nitrogen and oxygen atoms in total. The zero-order valence-electron chi connectivity index (χ0n) is 22.2. The van der Waals surface area contributed by atoms with Crippen LogP contribution in [0.5, 0.6) is 11.5 Å². The van der Waals surface area contributed by atoms with Gasteiger partial charge in [0.15, 0.2) is 0 Å². The molecule has 0 spiro atoms. The van der Waals surface area contributed by atoms with E-state index >= 15 is 0 Å². The highest BCUT2D eigenvalue weighted by molar-refractivity contribution is 7.09. The number of nitrogens with zero attached hydrogens (tertiary/aromatic N) is 2. The van der Waals surface area contributed by atoms with Crippen LogP contribution in [0.1, 0.15) is 60.7 Å². The molecule has 0 aliphatic carbocycles. The molecule has 0 saturated heterocycles. The van der Waals surface area contributed by atoms with Gasteiger partial charge in [-0.3, -0.25) is 0 Å². The molecule has 1 aromatic heterocycles. The molecule has 36 heavy (non-hydrogen) atoms. The van der Waals surface area contributed by atoms with Crippen molar-refractivity contribution in [2.45, 2.75) is 53.6 Å². The predicted octanol–water partition coefficient (Wildman–Crippen LogP) is 7.80. The number of carbonyl (C=O) groups is 1. The third-order valence-corrected chi connectivity index (χ3v) is 6.05. The van der Waals surface area contributed by atoms with Crippen LogP contribution in [0, 0.1) is 25.2 Å². The first-order valence-corrected chi connectivity index (χ1v) is 12.9. The molecule has 0 bridgehead atoms. The Morgan fingerprint density at radius 3 is 2.17 bits per heavy atom. The Bertz CT molecular complexity index is 1090. The van der Waals surface area contributed by atoms with E-state index in [1.54, 1.807) is 11.3 Å². The summed E-state index contributed by atoms with van der Waals surface area (Å²) in [4.78, 5) is 12.4. The van der Waals surface area contributed by atoms with Crippen LogP contribution < -0.4 is 9.47 Å². The monoisotopic (exact) mass is 528 g/mol. The van der Waals surface area contributed by atoms with E-state index in [0.29, 0.717) is 30.4 Å². The number of halogens is 1. The second-order valence-corrected chi connectivity index (χ2v) is 9.06. The van der Waals surface area contributed by atoms with Gasteiger partial charge in [-0.05, 0) is 48.7 Å². The summed E-state index contributed by atoms with van der Waals surface area (Å²) in [5, 5.41) is 12.7. The Hall–Kier alpha value is -3.14. The minimum atomic E-state index is -0.286. The Kier molecular flexibility index (Phi) is 15.8. The van der Waals surface area contributed by atoms with Gasteiger partial charge in [-0.2, -0.15) is 5.26 Å². The Labute approximate surface area is 225 Å². The van der Waals surface area contributed by atoms with Crippen LogP contribution in [0.2, 0.25) is 0 Å². The summed E-state index contributed by atoms with van der Waals surface area (Å²) < 4.78 is 11.5. The molecule has 194 valence electrons. The van der Waals surface area contributed by atoms with Crippen molar-refractivity contribution in [1.29, 1.82) is 5.26 Å². The number of thiazole rings is 1. The molecule has 3 rings (SSSR count). The first-order chi connectivity index (χ1) is 17.3. The van der Waals surface area contributed by atoms with Crippen LogP contribution in [-0.4, -0.2) is 24.3 Å². The number of hydrogen-bond acceptors (Lipinski definition) is 6. The van der Waals surface area contributed by atoms with Crippen molar-refractivity contribution in [3.63, 3.8) is 0 Å². The first kappa shape index (κ1) is 32.9. The van der Waals surface area contributed by atoms with Gasteiger partial charge in [0.05, 0.1) is 22.1 Å². The molecule has 0 amide bonds. The van der Waals surface area contributed by atoms with Gasteiger partial charge in [-0.1, -0.05) is 45.9 Å². The highest BCUT2D eigenvalue weighted by Crippen LogP contribution is 2.36. The van der Waals surface area contributed by atoms with Crippen LogP contribution >= 0.6 is 22.9 Å². The standard InChI is InChI=1S/C24H25ClN2O2S.C2H6.C2H4.CH2O/c1-16-11-20(12-18(13-26)23(16)28-10-9-25)24(3,4)19-5-7-22(8-6-19)29-14-21-15-30-17(2)27-21;3*1-2/h5-8,11-12,15H,9-10,14H2,1-4H3;1-2H3;1-2H2;1H2. The summed E-state index contributed by atoms with van der Waals surface area (Å²) in [6.07, 6.45) is 0. The minimum Gasteiger partial charge on any atom is -0.491 e. The second kappa shape index (κ2) is 17.3. The number of carbonyl (C=O) groups excluding carboxylic acids is 1. The smallest absolute Gasteiger partial charge is 0.140 e. The maximum absolute atomic E-state index is 9.61. The summed E-state index contributed by atoms with van der Waals surface area (Å²) in [5.41, 5.74) is 4.31. The molecule has 0 atom stereocenters. The van der Waals surface area contributed by atoms with Gasteiger partial charge in [-0.15, -0.1) is 36.1 Å². The first-order valence-electron chi connectivity index (χ1n) is 11.5. The van der Waals surface area contributed by atoms with Crippen LogP contribution in [0.4, 0.5) is 0 Å². The molecule has 2 aromatic carbocycles. The topological polar surface area (TPSA) is 72.2 Å². The quantitative estimate of drug-likeness (QED) is 0.220. The molecule has 1 heterocycles. The van der Waals surface area contributed by atoms with Crippen molar-refractivity contribution in [2.75, 3.05) is 12.5 Å². The molecular weight excluding hydrogens is 492 g/mol. The van der Waals surface area contributed by atoms with Crippen molar-refractivity contribution < 1.29 is 14.3 Å². The molecule has 0 aliphatic heterocycles. The number of ether oxygens (including phenoxy) is 2. The van der Waals surface area contributed by atoms with E-state index in [0.717, 1.165) is 33.1 Å². The highest BCUT2D eigenvalue weighted by Gasteiger charge is 2.25. The maximum Gasteiger partial charge on any atom is 0.140 e. The van der Waals surface area contributed by atoms with E-state index in [-0.39, 0.29) is 5.41 Å². The zero-order chi connectivity index (χ0) is 27.7. The number of hydrogen-bond donors (Lipinski definition) is 0. The molecular formula is C29H37ClN2O3S. The highest BCUT2D eigenvalue weighted by atomic mass is 35.5. The number of rotatable bonds is 8. The average molecular weight is 529 g/mol. The minimum absolute atomic E-state index is 0.286. The van der Waals surface area contributed by atoms with E-state index in [9.17, 15) is 5.26 Å². The van der Waals surface area contributed by atoms with Gasteiger partial charge >= 0.3 is 0 Å². The normalized spacial score (nSPS) is 9.72. The van der Waals surface area contributed by atoms with Crippen LogP contribution in [0.3, 0.4) is 0 Å². The number of aromatic nitrogens is 1. The number of aryl methyl sites for hydroxylation is 2. The van der Waals surface area contributed by atoms with Gasteiger partial charge in [0, 0.05) is 10.8 Å². The second-order valence-electron chi connectivity index (χ2n) is 7.61. The van der Waals surface area contributed by atoms with E-state index < -0.39 is 0 Å². The lowest BCUT2D eigenvalue weighted by Gasteiger charge is -2.27. The van der Waals surface area contributed by atoms with Gasteiger partial charge < -0.3 is 14.3 Å². The lowest BCUT2D eigenvalue weighted by atomic mass is 9.77. The fourth-order valence-electron chi connectivity index (χ4n) is 3.32. The van der Waals surface area contributed by atoms with E-state index in [1.807, 2.05) is 58.1 Å². The molecule has 0 saturated carbocycles. The summed E-state index contributed by atoms with van der Waals surface area (Å²) in [7, 11) is 0. The van der Waals surface area contributed by atoms with Crippen molar-refractivity contribution in [3.8, 4) is 17.6 Å². The molecule has 3 aromatic rings. The predicted molar refractivity (Wildman–Crippen MR) is 152 cm³/mol. The lowest BCUT2D eigenvalue weighted by Crippen LogP contribution is -2.19. The largest absolute Gasteiger partial charge is 0.491 e. The van der Waals surface area contributed by atoms with Gasteiger partial charge in [-0.25, -0.2) is 4.98 Å². The molecule has 0 radical (unpaired) electrons. The Morgan fingerprint density at radius 1 is 1.06 bits per heavy atom. The molecule has 0 unspecified atom stereocenters. The zero-order valence-corrected chi connectivity index (χ0v) is 23.8. The Morgan fingerprint density at radius 2 is 1.67 bits per heavy atom. The summed E-state index contributed by atoms with van der Waals surface area (Å²) in [5.74, 6) is 1.80. The van der Waals surface area contributed by atoms with Crippen molar-refractivity contribution in [1.82, 2.24) is 4.98 Å². The van der Waals surface area contributed by atoms with Gasteiger partial charge in [0.2, 0.25) is 0 Å². The fourth-order valence-corrected chi connectivity index (χ4v) is 3.99. The number of benzene rings is 2. The Balaban J connectivity index is 0.00000190. The third-order valence-electron chi connectivity index (χ3n) is 5.07. The van der Waals surface area contributed by atoms with Crippen molar-refractivity contribution >= 4 is 29.7 Å². The summed E-state index contributed by atoms with van der Waals surface area (Å²) in [6.45, 7) is 21.1. The lowest BCUT2D eigenvalue weighted by molar-refractivity contribution is -0.0980. The summed E-state index contributed by atoms with van der Waals surface area (Å²) >= 11 is 7.36. The van der Waals surface area contributed by atoms with Crippen LogP contribution in [0.15, 0.2) is 54.9 Å². The molecule has 0 fully saturated rings. The van der Waals surface area contributed by atoms with Gasteiger partial charge in [0.1, 0.15) is 37.6 Å². The van der Waals surface area contributed by atoms with Crippen molar-refractivity contribution in [2.24, 2.45) is 0 Å². The van der Waals surface area contributed by atoms with Crippen LogP contribution in [0.25, 0.3) is 0 Å². The maximum atomic E-state index is 9.61. The van der Waals surface area contributed by atoms with Gasteiger partial charge in [0.25, 0.3) is 0 Å². The third kappa shape index (κ3) is 9.14. The number of alkyl halides is 1. The molecule has 0 N–H and O–H groups in total. The van der Waals surface area contributed by atoms with Crippen LogP contribution in [-0.2, 0) is 16.8 Å². The molecule has 0 aliphatic rings. The average Bonchev–Trinajstić information content (AvgIpc) is 3.35.